The van der Waals surface area contributed by atoms with Crippen molar-refractivity contribution in [2.75, 3.05) is 38.3 Å². The van der Waals surface area contributed by atoms with E-state index in [0.717, 1.165) is 16.9 Å². The molecule has 1 aromatic heterocycles. The molecule has 0 aliphatic heterocycles. The Morgan fingerprint density at radius 1 is 1.22 bits per heavy atom. The summed E-state index contributed by atoms with van der Waals surface area (Å²) >= 11 is 0. The topological polar surface area (TPSA) is 58.5 Å². The number of anilines is 1. The monoisotopic (exact) mass is 247 g/mol. The van der Waals surface area contributed by atoms with Gasteiger partial charge in [0.1, 0.15) is 5.82 Å². The first-order chi connectivity index (χ1) is 8.85. The van der Waals surface area contributed by atoms with Crippen LogP contribution in [0.1, 0.15) is 0 Å². The fourth-order valence-electron chi connectivity index (χ4n) is 1.76. The number of ether oxygens (including phenoxy) is 1. The molecule has 0 unspecified atom stereocenters. The highest BCUT2D eigenvalue weighted by atomic mass is 16.5. The van der Waals surface area contributed by atoms with E-state index in [4.69, 9.17) is 9.84 Å². The second-order valence-corrected chi connectivity index (χ2v) is 3.92. The summed E-state index contributed by atoms with van der Waals surface area (Å²) in [5.41, 5.74) is 1.73. The van der Waals surface area contributed by atoms with Gasteiger partial charge < -0.3 is 14.7 Å². The maximum Gasteiger partial charge on any atom is 0.148 e. The molecule has 1 heterocycles. The van der Waals surface area contributed by atoms with E-state index in [0.29, 0.717) is 19.7 Å². The molecule has 5 heteroatoms. The summed E-state index contributed by atoms with van der Waals surface area (Å²) in [6.45, 7) is 1.88. The number of aromatic nitrogens is 2. The lowest BCUT2D eigenvalue weighted by Gasteiger charge is -2.22. The molecule has 0 atom stereocenters. The second-order valence-electron chi connectivity index (χ2n) is 3.92. The summed E-state index contributed by atoms with van der Waals surface area (Å²) < 4.78 is 5.06. The molecule has 2 rings (SSSR count). The molecule has 0 fully saturated rings. The van der Waals surface area contributed by atoms with E-state index >= 15 is 0 Å². The lowest BCUT2D eigenvalue weighted by atomic mass is 10.3. The number of nitrogens with zero attached hydrogens (tertiary/aromatic N) is 3. The summed E-state index contributed by atoms with van der Waals surface area (Å²) in [6.07, 6.45) is 1.73. The van der Waals surface area contributed by atoms with Crippen LogP contribution in [0.5, 0.6) is 0 Å². The van der Waals surface area contributed by atoms with Crippen molar-refractivity contribution in [1.82, 2.24) is 9.97 Å². The average molecular weight is 247 g/mol. The third kappa shape index (κ3) is 2.94. The summed E-state index contributed by atoms with van der Waals surface area (Å²) in [5, 5.41) is 9.08. The number of para-hydroxylation sites is 2. The maximum absolute atomic E-state index is 9.08. The standard InChI is InChI=1S/C13H17N3O2/c1-18-9-7-16(6-8-17)13-10-14-11-4-2-3-5-12(11)15-13/h2-5,10,17H,6-9H2,1H3. The lowest BCUT2D eigenvalue weighted by Crippen LogP contribution is -2.31. The van der Waals surface area contributed by atoms with Gasteiger partial charge in [0.25, 0.3) is 0 Å². The van der Waals surface area contributed by atoms with Gasteiger partial charge in [-0.1, -0.05) is 12.1 Å². The molecule has 0 radical (unpaired) electrons. The Hall–Kier alpha value is -1.72. The predicted molar refractivity (Wildman–Crippen MR) is 70.7 cm³/mol. The fraction of sp³-hybridized carbons (Fsp3) is 0.385. The Morgan fingerprint density at radius 2 is 2.00 bits per heavy atom. The number of aliphatic hydroxyl groups excluding tert-OH is 1. The molecular formula is C13H17N3O2. The van der Waals surface area contributed by atoms with Gasteiger partial charge in [0, 0.05) is 20.2 Å². The van der Waals surface area contributed by atoms with Gasteiger partial charge in [0.15, 0.2) is 0 Å². The molecule has 18 heavy (non-hydrogen) atoms. The number of hydrogen-bond acceptors (Lipinski definition) is 5. The van der Waals surface area contributed by atoms with E-state index in [1.54, 1.807) is 13.3 Å². The van der Waals surface area contributed by atoms with E-state index < -0.39 is 0 Å². The highest BCUT2D eigenvalue weighted by molar-refractivity contribution is 5.75. The smallest absolute Gasteiger partial charge is 0.148 e. The SMILES string of the molecule is COCCN(CCO)c1cnc2ccccc2n1. The third-order valence-corrected chi connectivity index (χ3v) is 2.70. The highest BCUT2D eigenvalue weighted by Crippen LogP contribution is 2.14. The van der Waals surface area contributed by atoms with Crippen LogP contribution in [0, 0.1) is 0 Å². The zero-order valence-electron chi connectivity index (χ0n) is 10.4. The highest BCUT2D eigenvalue weighted by Gasteiger charge is 2.08. The molecule has 0 spiro atoms. The van der Waals surface area contributed by atoms with Crippen molar-refractivity contribution < 1.29 is 9.84 Å². The van der Waals surface area contributed by atoms with Gasteiger partial charge in [-0.3, -0.25) is 4.98 Å². The zero-order chi connectivity index (χ0) is 12.8. The van der Waals surface area contributed by atoms with Crippen LogP contribution in [0.25, 0.3) is 11.0 Å². The largest absolute Gasteiger partial charge is 0.395 e. The Kier molecular flexibility index (Phi) is 4.44. The van der Waals surface area contributed by atoms with Gasteiger partial charge in [0.2, 0.25) is 0 Å². The first kappa shape index (κ1) is 12.7. The van der Waals surface area contributed by atoms with Crippen LogP contribution >= 0.6 is 0 Å². The molecule has 0 saturated carbocycles. The number of rotatable bonds is 6. The van der Waals surface area contributed by atoms with Crippen molar-refractivity contribution in [2.45, 2.75) is 0 Å². The van der Waals surface area contributed by atoms with Crippen molar-refractivity contribution in [1.29, 1.82) is 0 Å². The van der Waals surface area contributed by atoms with E-state index in [2.05, 4.69) is 9.97 Å². The first-order valence-corrected chi connectivity index (χ1v) is 5.91. The molecule has 96 valence electrons. The van der Waals surface area contributed by atoms with E-state index in [-0.39, 0.29) is 6.61 Å². The molecular weight excluding hydrogens is 230 g/mol. The Bertz CT molecular complexity index is 504. The van der Waals surface area contributed by atoms with Gasteiger partial charge in [-0.2, -0.15) is 0 Å². The number of hydrogen-bond donors (Lipinski definition) is 1. The molecule has 0 bridgehead atoms. The van der Waals surface area contributed by atoms with Crippen molar-refractivity contribution >= 4 is 16.9 Å². The molecule has 5 nitrogen and oxygen atoms in total. The van der Waals surface area contributed by atoms with Crippen molar-refractivity contribution in [2.24, 2.45) is 0 Å². The van der Waals surface area contributed by atoms with Gasteiger partial charge in [0.05, 0.1) is 30.4 Å². The number of fused-ring (bicyclic) bond motifs is 1. The van der Waals surface area contributed by atoms with Crippen LogP contribution in [-0.2, 0) is 4.74 Å². The van der Waals surface area contributed by atoms with E-state index in [9.17, 15) is 0 Å². The van der Waals surface area contributed by atoms with Crippen molar-refractivity contribution in [3.8, 4) is 0 Å². The van der Waals surface area contributed by atoms with Gasteiger partial charge >= 0.3 is 0 Å². The molecule has 0 aliphatic rings. The summed E-state index contributed by atoms with van der Waals surface area (Å²) in [5.74, 6) is 0.764. The second kappa shape index (κ2) is 6.28. The summed E-state index contributed by atoms with van der Waals surface area (Å²) in [4.78, 5) is 10.9. The molecule has 0 amide bonds. The van der Waals surface area contributed by atoms with Crippen LogP contribution < -0.4 is 4.90 Å². The fourth-order valence-corrected chi connectivity index (χ4v) is 1.76. The molecule has 2 aromatic rings. The van der Waals surface area contributed by atoms with Crippen molar-refractivity contribution in [3.63, 3.8) is 0 Å². The van der Waals surface area contributed by atoms with Crippen LogP contribution in [-0.4, -0.2) is 48.5 Å². The van der Waals surface area contributed by atoms with Crippen molar-refractivity contribution in [3.05, 3.63) is 30.5 Å². The molecule has 1 N–H and O–H groups in total. The number of aliphatic hydroxyl groups is 1. The normalized spacial score (nSPS) is 10.8. The Labute approximate surface area is 106 Å². The van der Waals surface area contributed by atoms with Gasteiger partial charge in [-0.15, -0.1) is 0 Å². The summed E-state index contributed by atoms with van der Waals surface area (Å²) in [6, 6.07) is 7.73. The quantitative estimate of drug-likeness (QED) is 0.827. The van der Waals surface area contributed by atoms with Gasteiger partial charge in [-0.25, -0.2) is 4.98 Å². The van der Waals surface area contributed by atoms with Crippen LogP contribution in [0.3, 0.4) is 0 Å². The zero-order valence-corrected chi connectivity index (χ0v) is 10.4. The maximum atomic E-state index is 9.08. The minimum absolute atomic E-state index is 0.0816. The van der Waals surface area contributed by atoms with E-state index in [1.807, 2.05) is 29.2 Å². The number of benzene rings is 1. The average Bonchev–Trinajstić information content (AvgIpc) is 2.43. The van der Waals surface area contributed by atoms with Crippen LogP contribution in [0.4, 0.5) is 5.82 Å². The van der Waals surface area contributed by atoms with Crippen LogP contribution in [0.2, 0.25) is 0 Å². The third-order valence-electron chi connectivity index (χ3n) is 2.70. The Morgan fingerprint density at radius 3 is 2.72 bits per heavy atom. The summed E-state index contributed by atoms with van der Waals surface area (Å²) in [7, 11) is 1.66. The minimum Gasteiger partial charge on any atom is -0.395 e. The molecule has 0 aliphatic carbocycles. The number of methoxy groups -OCH3 is 1. The minimum atomic E-state index is 0.0816. The van der Waals surface area contributed by atoms with Gasteiger partial charge in [-0.05, 0) is 12.1 Å². The first-order valence-electron chi connectivity index (χ1n) is 5.91. The molecule has 1 aromatic carbocycles. The Balaban J connectivity index is 2.25. The molecule has 0 saturated heterocycles. The lowest BCUT2D eigenvalue weighted by molar-refractivity contribution is 0.202. The predicted octanol–water partition coefficient (Wildman–Crippen LogP) is 1.07. The van der Waals surface area contributed by atoms with E-state index in [1.165, 1.54) is 0 Å². The van der Waals surface area contributed by atoms with Crippen LogP contribution in [0.15, 0.2) is 30.5 Å².